The number of rotatable bonds is 5. The molecule has 1 fully saturated rings. The summed E-state index contributed by atoms with van der Waals surface area (Å²) in [6.07, 6.45) is 0. The van der Waals surface area contributed by atoms with E-state index in [0.717, 1.165) is 10.6 Å². The van der Waals surface area contributed by atoms with Gasteiger partial charge in [0.2, 0.25) is 11.7 Å². The minimum atomic E-state index is -0.00879. The first-order chi connectivity index (χ1) is 14.3. The Morgan fingerprint density at radius 1 is 1.00 bits per heavy atom. The average Bonchev–Trinajstić information content (AvgIpc) is 3.40. The predicted molar refractivity (Wildman–Crippen MR) is 109 cm³/mol. The van der Waals surface area contributed by atoms with Gasteiger partial charge >= 0.3 is 0 Å². The van der Waals surface area contributed by atoms with Crippen LogP contribution in [0.4, 0.5) is 0 Å². The van der Waals surface area contributed by atoms with Crippen LogP contribution < -0.4 is 4.74 Å². The summed E-state index contributed by atoms with van der Waals surface area (Å²) in [7, 11) is 0. The molecule has 5 rings (SSSR count). The van der Waals surface area contributed by atoms with Gasteiger partial charge in [0, 0.05) is 18.7 Å². The number of hydrogen-bond donors (Lipinski definition) is 0. The number of hydrogen-bond acceptors (Lipinski definition) is 6. The molecule has 0 radical (unpaired) electrons. The van der Waals surface area contributed by atoms with E-state index >= 15 is 0 Å². The summed E-state index contributed by atoms with van der Waals surface area (Å²) in [5.74, 6) is 2.73. The summed E-state index contributed by atoms with van der Waals surface area (Å²) in [5.41, 5.74) is 0.633. The van der Waals surface area contributed by atoms with Crippen molar-refractivity contribution < 1.29 is 14.1 Å². The van der Waals surface area contributed by atoms with E-state index in [1.165, 1.54) is 0 Å². The maximum atomic E-state index is 12.7. The van der Waals surface area contributed by atoms with Crippen molar-refractivity contribution in [3.8, 4) is 22.2 Å². The molecule has 144 valence electrons. The molecule has 0 unspecified atom stereocenters. The van der Waals surface area contributed by atoms with Crippen LogP contribution in [0.3, 0.4) is 0 Å². The molecule has 0 spiro atoms. The third-order valence-corrected chi connectivity index (χ3v) is 5.65. The Hall–Kier alpha value is -3.45. The average molecular weight is 403 g/mol. The van der Waals surface area contributed by atoms with Gasteiger partial charge in [-0.15, -0.1) is 11.3 Å². The highest BCUT2D eigenvalue weighted by molar-refractivity contribution is 7.13. The molecule has 1 aliphatic rings. The fraction of sp³-hybridized carbons (Fsp3) is 0.136. The second-order valence-electron chi connectivity index (χ2n) is 6.78. The molecule has 0 N–H and O–H groups in total. The number of carbonyl (C=O) groups excluding carboxylic acids is 1. The molecular formula is C22H17N3O3S. The van der Waals surface area contributed by atoms with Crippen LogP contribution in [0.25, 0.3) is 10.7 Å². The van der Waals surface area contributed by atoms with E-state index in [9.17, 15) is 4.79 Å². The van der Waals surface area contributed by atoms with Crippen molar-refractivity contribution in [2.24, 2.45) is 0 Å². The maximum Gasteiger partial charge on any atom is 0.253 e. The Balaban J connectivity index is 1.19. The van der Waals surface area contributed by atoms with Gasteiger partial charge < -0.3 is 14.2 Å². The molecule has 0 atom stereocenters. The van der Waals surface area contributed by atoms with Crippen molar-refractivity contribution in [3.63, 3.8) is 0 Å². The Morgan fingerprint density at radius 2 is 1.76 bits per heavy atom. The number of carbonyl (C=O) groups is 1. The Labute approximate surface area is 171 Å². The van der Waals surface area contributed by atoms with Gasteiger partial charge in [-0.05, 0) is 47.8 Å². The molecule has 2 aromatic carbocycles. The van der Waals surface area contributed by atoms with Crippen molar-refractivity contribution in [1.82, 2.24) is 15.0 Å². The van der Waals surface area contributed by atoms with Crippen LogP contribution in [0.1, 0.15) is 22.2 Å². The number of nitrogens with zero attached hydrogens (tertiary/aromatic N) is 3. The van der Waals surface area contributed by atoms with E-state index in [1.807, 2.05) is 60.0 Å². The molecule has 1 amide bonds. The zero-order chi connectivity index (χ0) is 19.6. The number of benzene rings is 2. The number of likely N-dealkylation sites (tertiary alicyclic amines) is 1. The topological polar surface area (TPSA) is 68.5 Å². The lowest BCUT2D eigenvalue weighted by molar-refractivity contribution is 0.0569. The molecule has 4 aromatic rings. The Kier molecular flexibility index (Phi) is 4.57. The van der Waals surface area contributed by atoms with Gasteiger partial charge in [-0.3, -0.25) is 4.79 Å². The quantitative estimate of drug-likeness (QED) is 0.477. The second-order valence-corrected chi connectivity index (χ2v) is 7.73. The lowest BCUT2D eigenvalue weighted by Gasteiger charge is -2.37. The first-order valence-corrected chi connectivity index (χ1v) is 10.1. The van der Waals surface area contributed by atoms with Gasteiger partial charge in [0.1, 0.15) is 11.5 Å². The molecule has 29 heavy (non-hydrogen) atoms. The van der Waals surface area contributed by atoms with Gasteiger partial charge in [0.05, 0.1) is 10.8 Å². The largest absolute Gasteiger partial charge is 0.457 e. The maximum absolute atomic E-state index is 12.7. The van der Waals surface area contributed by atoms with Gasteiger partial charge in [-0.1, -0.05) is 29.4 Å². The van der Waals surface area contributed by atoms with Crippen LogP contribution in [0.2, 0.25) is 0 Å². The van der Waals surface area contributed by atoms with E-state index in [4.69, 9.17) is 9.26 Å². The number of thiophene rings is 1. The molecule has 3 heterocycles. The second kappa shape index (κ2) is 7.52. The van der Waals surface area contributed by atoms with Gasteiger partial charge in [-0.2, -0.15) is 4.98 Å². The fourth-order valence-electron chi connectivity index (χ4n) is 3.18. The third-order valence-electron chi connectivity index (χ3n) is 4.78. The monoisotopic (exact) mass is 403 g/mol. The molecule has 6 nitrogen and oxygen atoms in total. The molecule has 1 aliphatic heterocycles. The third kappa shape index (κ3) is 3.64. The fourth-order valence-corrected chi connectivity index (χ4v) is 3.83. The molecule has 0 bridgehead atoms. The van der Waals surface area contributed by atoms with Crippen molar-refractivity contribution in [2.45, 2.75) is 5.92 Å². The normalized spacial score (nSPS) is 13.9. The first kappa shape index (κ1) is 17.6. The minimum Gasteiger partial charge on any atom is -0.457 e. The van der Waals surface area contributed by atoms with Crippen molar-refractivity contribution in [2.75, 3.05) is 13.1 Å². The lowest BCUT2D eigenvalue weighted by Crippen LogP contribution is -2.48. The highest BCUT2D eigenvalue weighted by Crippen LogP contribution is 2.30. The number of para-hydroxylation sites is 1. The zero-order valence-corrected chi connectivity index (χ0v) is 16.2. The SMILES string of the molecule is O=C(c1ccc(Oc2ccccc2)cc1)N1CC(c2nc(-c3cccs3)no2)C1. The minimum absolute atomic E-state index is 0.00879. The summed E-state index contributed by atoms with van der Waals surface area (Å²) in [4.78, 5) is 19.9. The van der Waals surface area contributed by atoms with Crippen LogP contribution in [0.15, 0.2) is 76.6 Å². The van der Waals surface area contributed by atoms with Crippen LogP contribution in [0.5, 0.6) is 11.5 Å². The van der Waals surface area contributed by atoms with Gasteiger partial charge in [0.25, 0.3) is 5.91 Å². The molecule has 2 aromatic heterocycles. The zero-order valence-electron chi connectivity index (χ0n) is 15.4. The van der Waals surface area contributed by atoms with Gasteiger partial charge in [0.15, 0.2) is 0 Å². The summed E-state index contributed by atoms with van der Waals surface area (Å²) >= 11 is 1.57. The predicted octanol–water partition coefficient (Wildman–Crippen LogP) is 4.83. The van der Waals surface area contributed by atoms with E-state index in [-0.39, 0.29) is 11.8 Å². The molecular weight excluding hydrogens is 386 g/mol. The summed E-state index contributed by atoms with van der Waals surface area (Å²) in [6.45, 7) is 1.15. The van der Waals surface area contributed by atoms with Crippen molar-refractivity contribution in [1.29, 1.82) is 0 Å². The van der Waals surface area contributed by atoms with Crippen molar-refractivity contribution in [3.05, 3.63) is 83.6 Å². The highest BCUT2D eigenvalue weighted by atomic mass is 32.1. The summed E-state index contributed by atoms with van der Waals surface area (Å²) in [6, 6.07) is 20.7. The number of amides is 1. The van der Waals surface area contributed by atoms with Crippen LogP contribution >= 0.6 is 11.3 Å². The lowest BCUT2D eigenvalue weighted by atomic mass is 9.98. The van der Waals surface area contributed by atoms with Crippen LogP contribution in [-0.4, -0.2) is 34.0 Å². The summed E-state index contributed by atoms with van der Waals surface area (Å²) in [5, 5.41) is 6.02. The van der Waals surface area contributed by atoms with Crippen LogP contribution in [-0.2, 0) is 0 Å². The molecule has 1 saturated heterocycles. The van der Waals surface area contributed by atoms with E-state index in [0.29, 0.717) is 36.1 Å². The Bertz CT molecular complexity index is 1100. The standard InChI is InChI=1S/C22H17N3O3S/c26-22(15-8-10-18(11-9-15)27-17-5-2-1-3-6-17)25-13-16(14-25)21-23-20(24-28-21)19-7-4-12-29-19/h1-12,16H,13-14H2. The van der Waals surface area contributed by atoms with Crippen LogP contribution in [0, 0.1) is 0 Å². The van der Waals surface area contributed by atoms with E-state index in [2.05, 4.69) is 10.1 Å². The first-order valence-electron chi connectivity index (χ1n) is 9.26. The number of aromatic nitrogens is 2. The Morgan fingerprint density at radius 3 is 2.48 bits per heavy atom. The molecule has 0 aliphatic carbocycles. The van der Waals surface area contributed by atoms with Gasteiger partial charge in [-0.25, -0.2) is 0 Å². The van der Waals surface area contributed by atoms with Crippen molar-refractivity contribution >= 4 is 17.2 Å². The number of ether oxygens (including phenoxy) is 1. The molecule has 7 heteroatoms. The van der Waals surface area contributed by atoms with E-state index in [1.54, 1.807) is 28.4 Å². The molecule has 0 saturated carbocycles. The van der Waals surface area contributed by atoms with E-state index < -0.39 is 0 Å². The summed E-state index contributed by atoms with van der Waals surface area (Å²) < 4.78 is 11.2. The highest BCUT2D eigenvalue weighted by Gasteiger charge is 2.36. The smallest absolute Gasteiger partial charge is 0.253 e.